The molecular weight excluding hydrogens is 442 g/mol. The molecule has 3 rings (SSSR count). The highest BCUT2D eigenvalue weighted by molar-refractivity contribution is 5.87. The maximum Gasteiger partial charge on any atom is 0.242 e. The van der Waals surface area contributed by atoms with E-state index >= 15 is 0 Å². The fourth-order valence-corrected chi connectivity index (χ4v) is 4.39. The highest BCUT2D eigenvalue weighted by Crippen LogP contribution is 2.29. The Morgan fingerprint density at radius 3 is 2.60 bits per heavy atom. The molecule has 8 nitrogen and oxygen atoms in total. The zero-order chi connectivity index (χ0) is 25.4. The molecule has 186 valence electrons. The Kier molecular flexibility index (Phi) is 9.10. The van der Waals surface area contributed by atoms with E-state index in [1.54, 1.807) is 29.0 Å². The van der Waals surface area contributed by atoms with Crippen LogP contribution in [0.1, 0.15) is 29.2 Å². The number of nitrogens with zero attached hydrogens (tertiary/aromatic N) is 3. The second-order valence-corrected chi connectivity index (χ2v) is 8.87. The minimum absolute atomic E-state index is 0.0313. The van der Waals surface area contributed by atoms with Crippen LogP contribution in [0.4, 0.5) is 5.69 Å². The van der Waals surface area contributed by atoms with Gasteiger partial charge in [0.25, 0.3) is 0 Å². The van der Waals surface area contributed by atoms with E-state index in [-0.39, 0.29) is 30.9 Å². The fraction of sp³-hybridized carbons (Fsp3) is 0.444. The number of carbonyl (C=O) groups excluding carboxylic acids is 2. The van der Waals surface area contributed by atoms with Crippen LogP contribution in [0, 0.1) is 18.3 Å². The van der Waals surface area contributed by atoms with Gasteiger partial charge in [-0.15, -0.1) is 0 Å². The molecule has 0 aromatic heterocycles. The molecule has 0 spiro atoms. The summed E-state index contributed by atoms with van der Waals surface area (Å²) in [5.41, 5.74) is 4.53. The van der Waals surface area contributed by atoms with Crippen molar-refractivity contribution in [3.63, 3.8) is 0 Å². The van der Waals surface area contributed by atoms with E-state index in [1.807, 2.05) is 39.1 Å². The van der Waals surface area contributed by atoms with Gasteiger partial charge < -0.3 is 25.2 Å². The molecule has 0 heterocycles. The molecule has 2 N–H and O–H groups in total. The Morgan fingerprint density at radius 1 is 1.11 bits per heavy atom. The van der Waals surface area contributed by atoms with Crippen molar-refractivity contribution >= 4 is 17.5 Å². The van der Waals surface area contributed by atoms with Gasteiger partial charge in [-0.1, -0.05) is 19.1 Å². The van der Waals surface area contributed by atoms with Crippen molar-refractivity contribution in [3.05, 3.63) is 58.7 Å². The van der Waals surface area contributed by atoms with E-state index in [9.17, 15) is 14.9 Å². The van der Waals surface area contributed by atoms with E-state index in [2.05, 4.69) is 22.8 Å². The second-order valence-electron chi connectivity index (χ2n) is 8.87. The molecule has 8 heteroatoms. The number of ether oxygens (including phenoxy) is 1. The minimum Gasteiger partial charge on any atom is -0.497 e. The molecule has 1 aliphatic rings. The Hall–Kier alpha value is -3.57. The topological polar surface area (TPSA) is 97.7 Å². The van der Waals surface area contributed by atoms with Gasteiger partial charge in [-0.25, -0.2) is 0 Å². The Bertz CT molecular complexity index is 1090. The van der Waals surface area contributed by atoms with E-state index in [0.717, 1.165) is 30.7 Å². The van der Waals surface area contributed by atoms with Crippen molar-refractivity contribution in [2.24, 2.45) is 0 Å². The van der Waals surface area contributed by atoms with E-state index < -0.39 is 0 Å². The van der Waals surface area contributed by atoms with Crippen LogP contribution in [-0.2, 0) is 22.4 Å². The standard InChI is InChI=1S/C27H35N5O3/c1-5-29-10-11-30-26(33)17-32(25-12-20(16-28)7-6-19(25)2)18-27(34)31(3)23-13-21-8-9-24(35-4)15-22(21)14-23/h6-9,12,15,23,29H,5,10-11,13-14,17-18H2,1-4H3,(H,30,33). The smallest absolute Gasteiger partial charge is 0.242 e. The molecule has 0 fully saturated rings. The number of carbonyl (C=O) groups is 2. The molecule has 0 saturated heterocycles. The van der Waals surface area contributed by atoms with E-state index in [0.29, 0.717) is 24.3 Å². The fourth-order valence-electron chi connectivity index (χ4n) is 4.39. The lowest BCUT2D eigenvalue weighted by molar-refractivity contribution is -0.130. The molecule has 0 radical (unpaired) electrons. The van der Waals surface area contributed by atoms with Gasteiger partial charge in [0.15, 0.2) is 0 Å². The van der Waals surface area contributed by atoms with Crippen LogP contribution in [0.5, 0.6) is 5.75 Å². The first-order valence-corrected chi connectivity index (χ1v) is 12.0. The van der Waals surface area contributed by atoms with Crippen molar-refractivity contribution in [1.29, 1.82) is 5.26 Å². The van der Waals surface area contributed by atoms with Crippen molar-refractivity contribution in [3.8, 4) is 11.8 Å². The van der Waals surface area contributed by atoms with Crippen LogP contribution in [0.25, 0.3) is 0 Å². The zero-order valence-corrected chi connectivity index (χ0v) is 21.1. The summed E-state index contributed by atoms with van der Waals surface area (Å²) in [6, 6.07) is 13.6. The van der Waals surface area contributed by atoms with Gasteiger partial charge >= 0.3 is 0 Å². The number of anilines is 1. The Labute approximate surface area is 207 Å². The molecule has 0 aliphatic heterocycles. The molecule has 2 aromatic carbocycles. The molecular formula is C27H35N5O3. The van der Waals surface area contributed by atoms with Crippen molar-refractivity contribution in [2.75, 3.05) is 51.8 Å². The van der Waals surface area contributed by atoms with Crippen LogP contribution >= 0.6 is 0 Å². The van der Waals surface area contributed by atoms with Gasteiger partial charge in [-0.05, 0) is 67.3 Å². The molecule has 35 heavy (non-hydrogen) atoms. The van der Waals surface area contributed by atoms with Crippen LogP contribution < -0.4 is 20.3 Å². The lowest BCUT2D eigenvalue weighted by Gasteiger charge is -2.30. The number of methoxy groups -OCH3 is 1. The summed E-state index contributed by atoms with van der Waals surface area (Å²) < 4.78 is 5.34. The monoisotopic (exact) mass is 477 g/mol. The number of benzene rings is 2. The maximum atomic E-state index is 13.4. The van der Waals surface area contributed by atoms with Gasteiger partial charge in [0.05, 0.1) is 31.8 Å². The number of amides is 2. The average molecular weight is 478 g/mol. The number of nitrogens with one attached hydrogen (secondary N) is 2. The number of likely N-dealkylation sites (N-methyl/N-ethyl adjacent to an activating group) is 2. The molecule has 2 aromatic rings. The number of rotatable bonds is 11. The van der Waals surface area contributed by atoms with Crippen LogP contribution in [-0.4, -0.2) is 69.6 Å². The number of nitriles is 1. The lowest BCUT2D eigenvalue weighted by Crippen LogP contribution is -2.47. The van der Waals surface area contributed by atoms with Crippen molar-refractivity contribution in [2.45, 2.75) is 32.7 Å². The normalized spacial score (nSPS) is 14.1. The van der Waals surface area contributed by atoms with Gasteiger partial charge in [-0.3, -0.25) is 9.59 Å². The Balaban J connectivity index is 1.73. The first-order chi connectivity index (χ1) is 16.9. The summed E-state index contributed by atoms with van der Waals surface area (Å²) in [5.74, 6) is 0.579. The third-order valence-electron chi connectivity index (χ3n) is 6.48. The molecule has 2 amide bonds. The summed E-state index contributed by atoms with van der Waals surface area (Å²) >= 11 is 0. The third kappa shape index (κ3) is 6.74. The molecule has 0 saturated carbocycles. The Morgan fingerprint density at radius 2 is 1.89 bits per heavy atom. The van der Waals surface area contributed by atoms with Gasteiger partial charge in [-0.2, -0.15) is 5.26 Å². The zero-order valence-electron chi connectivity index (χ0n) is 21.1. The third-order valence-corrected chi connectivity index (χ3v) is 6.48. The van der Waals surface area contributed by atoms with Crippen molar-refractivity contribution in [1.82, 2.24) is 15.5 Å². The predicted molar refractivity (Wildman–Crippen MR) is 137 cm³/mol. The van der Waals surface area contributed by atoms with Gasteiger partial charge in [0.2, 0.25) is 11.8 Å². The van der Waals surface area contributed by atoms with Gasteiger partial charge in [0.1, 0.15) is 5.75 Å². The quantitative estimate of drug-likeness (QED) is 0.481. The van der Waals surface area contributed by atoms with Crippen LogP contribution in [0.2, 0.25) is 0 Å². The van der Waals surface area contributed by atoms with E-state index in [1.165, 1.54) is 11.1 Å². The van der Waals surface area contributed by atoms with Crippen LogP contribution in [0.15, 0.2) is 36.4 Å². The molecule has 0 bridgehead atoms. The van der Waals surface area contributed by atoms with Gasteiger partial charge in [0, 0.05) is 31.9 Å². The maximum absolute atomic E-state index is 13.4. The lowest BCUT2D eigenvalue weighted by atomic mass is 10.1. The molecule has 1 atom stereocenters. The minimum atomic E-state index is -0.166. The van der Waals surface area contributed by atoms with E-state index in [4.69, 9.17) is 4.74 Å². The number of hydrogen-bond donors (Lipinski definition) is 2. The number of fused-ring (bicyclic) bond motifs is 1. The SMILES string of the molecule is CCNCCNC(=O)CN(CC(=O)N(C)C1Cc2ccc(OC)cc2C1)c1cc(C#N)ccc1C. The number of hydrogen-bond acceptors (Lipinski definition) is 6. The predicted octanol–water partition coefficient (Wildman–Crippen LogP) is 2.03. The molecule has 1 unspecified atom stereocenters. The first-order valence-electron chi connectivity index (χ1n) is 12.0. The largest absolute Gasteiger partial charge is 0.497 e. The summed E-state index contributed by atoms with van der Waals surface area (Å²) in [6.45, 7) is 6.03. The summed E-state index contributed by atoms with van der Waals surface area (Å²) in [7, 11) is 3.47. The molecule has 1 aliphatic carbocycles. The summed E-state index contributed by atoms with van der Waals surface area (Å²) in [6.07, 6.45) is 1.55. The first kappa shape index (κ1) is 26.0. The highest BCUT2D eigenvalue weighted by Gasteiger charge is 2.29. The average Bonchev–Trinajstić information content (AvgIpc) is 3.29. The summed E-state index contributed by atoms with van der Waals surface area (Å²) in [5, 5.41) is 15.5. The number of aryl methyl sites for hydroxylation is 1. The van der Waals surface area contributed by atoms with Crippen molar-refractivity contribution < 1.29 is 14.3 Å². The summed E-state index contributed by atoms with van der Waals surface area (Å²) in [4.78, 5) is 29.6. The van der Waals surface area contributed by atoms with Crippen LogP contribution in [0.3, 0.4) is 0 Å². The second kappa shape index (κ2) is 12.2. The highest BCUT2D eigenvalue weighted by atomic mass is 16.5.